The molecule has 0 radical (unpaired) electrons. The third-order valence-corrected chi connectivity index (χ3v) is 3.67. The summed E-state index contributed by atoms with van der Waals surface area (Å²) in [6, 6.07) is 4.59. The highest BCUT2D eigenvalue weighted by Gasteiger charge is 2.23. The first-order chi connectivity index (χ1) is 9.92. The minimum atomic E-state index is -0.0588. The summed E-state index contributed by atoms with van der Waals surface area (Å²) in [6.07, 6.45) is 0. The molecule has 1 saturated heterocycles. The van der Waals surface area contributed by atoms with Crippen LogP contribution in [0.4, 0.5) is 5.82 Å². The molecule has 116 valence electrons. The number of carbonyl (C=O) groups excluding carboxylic acids is 1. The van der Waals surface area contributed by atoms with Crippen LogP contribution in [0.25, 0.3) is 0 Å². The maximum atomic E-state index is 12.1. The van der Waals surface area contributed by atoms with Crippen molar-refractivity contribution in [2.45, 2.75) is 32.5 Å². The van der Waals surface area contributed by atoms with Crippen LogP contribution >= 0.6 is 0 Å². The Kier molecular flexibility index (Phi) is 4.80. The third kappa shape index (κ3) is 3.51. The van der Waals surface area contributed by atoms with Gasteiger partial charge in [-0.2, -0.15) is 0 Å². The van der Waals surface area contributed by atoms with Gasteiger partial charge in [0.1, 0.15) is 5.82 Å². The lowest BCUT2D eigenvalue weighted by molar-refractivity contribution is 0.0826. The number of piperazine rings is 1. The highest BCUT2D eigenvalue weighted by atomic mass is 16.2. The lowest BCUT2D eigenvalue weighted by atomic mass is 10.1. The van der Waals surface area contributed by atoms with E-state index in [0.29, 0.717) is 23.3 Å². The fourth-order valence-electron chi connectivity index (χ4n) is 2.77. The average molecular weight is 291 g/mol. The van der Waals surface area contributed by atoms with Crippen molar-refractivity contribution in [3.8, 4) is 0 Å². The Hall–Kier alpha value is -1.66. The molecule has 0 spiro atoms. The molecule has 2 atom stereocenters. The summed E-state index contributed by atoms with van der Waals surface area (Å²) in [4.78, 5) is 20.5. The number of pyridine rings is 1. The second-order valence-electron chi connectivity index (χ2n) is 5.94. The van der Waals surface area contributed by atoms with Crippen LogP contribution < -0.4 is 16.0 Å². The molecule has 0 aliphatic carbocycles. The maximum absolute atomic E-state index is 12.1. The lowest BCUT2D eigenvalue weighted by Gasteiger charge is -2.37. The van der Waals surface area contributed by atoms with Crippen LogP contribution in [0.2, 0.25) is 0 Å². The fraction of sp³-hybridized carbons (Fsp3) is 0.600. The molecule has 1 amide bonds. The summed E-state index contributed by atoms with van der Waals surface area (Å²) in [5, 5.41) is 3.50. The zero-order chi connectivity index (χ0) is 15.6. The molecule has 0 aromatic carbocycles. The van der Waals surface area contributed by atoms with Crippen molar-refractivity contribution < 1.29 is 4.79 Å². The van der Waals surface area contributed by atoms with Crippen molar-refractivity contribution >= 4 is 11.7 Å². The first-order valence-electron chi connectivity index (χ1n) is 7.35. The predicted molar refractivity (Wildman–Crippen MR) is 84.4 cm³/mol. The van der Waals surface area contributed by atoms with E-state index in [9.17, 15) is 4.79 Å². The Morgan fingerprint density at radius 2 is 2.00 bits per heavy atom. The van der Waals surface area contributed by atoms with E-state index in [2.05, 4.69) is 29.0 Å². The number of anilines is 1. The zero-order valence-electron chi connectivity index (χ0n) is 13.3. The van der Waals surface area contributed by atoms with Crippen molar-refractivity contribution in [1.29, 1.82) is 0 Å². The zero-order valence-corrected chi connectivity index (χ0v) is 13.3. The number of amides is 1. The highest BCUT2D eigenvalue weighted by Crippen LogP contribution is 2.19. The maximum Gasteiger partial charge on any atom is 0.255 e. The Balaban J connectivity index is 2.28. The largest absolute Gasteiger partial charge is 0.354 e. The van der Waals surface area contributed by atoms with Gasteiger partial charge in [-0.25, -0.2) is 4.98 Å². The minimum absolute atomic E-state index is 0.0588. The molecule has 1 aliphatic heterocycles. The number of nitrogens with two attached hydrogens (primary N) is 1. The van der Waals surface area contributed by atoms with E-state index in [1.165, 1.54) is 0 Å². The number of rotatable bonds is 3. The molecule has 1 fully saturated rings. The molecule has 0 bridgehead atoms. The van der Waals surface area contributed by atoms with Gasteiger partial charge in [-0.05, 0) is 26.0 Å². The van der Waals surface area contributed by atoms with Crippen LogP contribution in [0.3, 0.4) is 0 Å². The van der Waals surface area contributed by atoms with Crippen LogP contribution in [-0.2, 0) is 6.54 Å². The minimum Gasteiger partial charge on any atom is -0.354 e. The molecule has 21 heavy (non-hydrogen) atoms. The second kappa shape index (κ2) is 6.41. The fourth-order valence-corrected chi connectivity index (χ4v) is 2.77. The molecule has 0 saturated carbocycles. The van der Waals surface area contributed by atoms with Gasteiger partial charge in [0.25, 0.3) is 5.91 Å². The second-order valence-corrected chi connectivity index (χ2v) is 5.94. The van der Waals surface area contributed by atoms with Crippen LogP contribution in [0, 0.1) is 0 Å². The quantitative estimate of drug-likeness (QED) is 0.845. The number of nitrogens with zero attached hydrogens (tertiary/aromatic N) is 3. The van der Waals surface area contributed by atoms with Gasteiger partial charge >= 0.3 is 0 Å². The van der Waals surface area contributed by atoms with Gasteiger partial charge in [0.15, 0.2) is 0 Å². The first-order valence-corrected chi connectivity index (χ1v) is 7.35. The molecular weight excluding hydrogens is 266 g/mol. The first kappa shape index (κ1) is 15.7. The van der Waals surface area contributed by atoms with Gasteiger partial charge in [0, 0.05) is 45.8 Å². The topological polar surface area (TPSA) is 74.5 Å². The van der Waals surface area contributed by atoms with Gasteiger partial charge in [-0.1, -0.05) is 0 Å². The average Bonchev–Trinajstić information content (AvgIpc) is 2.44. The number of aromatic nitrogens is 1. The standard InChI is InChI=1S/C15H25N5O/c1-10-8-20(9-11(2)17-10)14-6-5-12(13(7-16)18-14)15(21)19(3)4/h5-6,10-11,17H,7-9,16H2,1-4H3/t10-,11+. The van der Waals surface area contributed by atoms with E-state index in [1.54, 1.807) is 19.0 Å². The van der Waals surface area contributed by atoms with E-state index >= 15 is 0 Å². The predicted octanol–water partition coefficient (Wildman–Crippen LogP) is 0.429. The summed E-state index contributed by atoms with van der Waals surface area (Å²) in [7, 11) is 3.46. The van der Waals surface area contributed by atoms with Crippen LogP contribution in [-0.4, -0.2) is 55.1 Å². The molecule has 2 rings (SSSR count). The lowest BCUT2D eigenvalue weighted by Crippen LogP contribution is -2.54. The molecule has 0 unspecified atom stereocenters. The molecule has 3 N–H and O–H groups in total. The molecule has 1 aliphatic rings. The van der Waals surface area contributed by atoms with Crippen molar-refractivity contribution in [2.24, 2.45) is 5.73 Å². The molecular formula is C15H25N5O. The van der Waals surface area contributed by atoms with Gasteiger partial charge < -0.3 is 20.9 Å². The Morgan fingerprint density at radius 1 is 1.38 bits per heavy atom. The Labute approximate surface area is 126 Å². The molecule has 1 aromatic rings. The van der Waals surface area contributed by atoms with Crippen LogP contribution in [0.1, 0.15) is 29.9 Å². The summed E-state index contributed by atoms with van der Waals surface area (Å²) in [6.45, 7) is 6.40. The van der Waals surface area contributed by atoms with E-state index in [4.69, 9.17) is 5.73 Å². The normalized spacial score (nSPS) is 22.2. The molecule has 6 heteroatoms. The molecule has 6 nitrogen and oxygen atoms in total. The van der Waals surface area contributed by atoms with Crippen molar-refractivity contribution in [1.82, 2.24) is 15.2 Å². The molecule has 2 heterocycles. The number of hydrogen-bond donors (Lipinski definition) is 2. The highest BCUT2D eigenvalue weighted by molar-refractivity contribution is 5.95. The van der Waals surface area contributed by atoms with Gasteiger partial charge in [-0.15, -0.1) is 0 Å². The van der Waals surface area contributed by atoms with E-state index in [-0.39, 0.29) is 12.5 Å². The number of carbonyl (C=O) groups is 1. The Bertz CT molecular complexity index is 507. The van der Waals surface area contributed by atoms with Crippen LogP contribution in [0.5, 0.6) is 0 Å². The summed E-state index contributed by atoms with van der Waals surface area (Å²) < 4.78 is 0. The SMILES string of the molecule is C[C@@H]1CN(c2ccc(C(=O)N(C)C)c(CN)n2)C[C@H](C)N1. The van der Waals surface area contributed by atoms with Gasteiger partial charge in [-0.3, -0.25) is 4.79 Å². The summed E-state index contributed by atoms with van der Waals surface area (Å²) in [5.74, 6) is 0.836. The van der Waals surface area contributed by atoms with Crippen LogP contribution in [0.15, 0.2) is 12.1 Å². The summed E-state index contributed by atoms with van der Waals surface area (Å²) in [5.41, 5.74) is 7.02. The van der Waals surface area contributed by atoms with Crippen molar-refractivity contribution in [2.75, 3.05) is 32.1 Å². The van der Waals surface area contributed by atoms with Gasteiger partial charge in [0.05, 0.1) is 11.3 Å². The third-order valence-electron chi connectivity index (χ3n) is 3.67. The van der Waals surface area contributed by atoms with E-state index in [0.717, 1.165) is 18.9 Å². The van der Waals surface area contributed by atoms with Gasteiger partial charge in [0.2, 0.25) is 0 Å². The summed E-state index contributed by atoms with van der Waals surface area (Å²) >= 11 is 0. The number of hydrogen-bond acceptors (Lipinski definition) is 5. The monoisotopic (exact) mass is 291 g/mol. The van der Waals surface area contributed by atoms with E-state index in [1.807, 2.05) is 12.1 Å². The smallest absolute Gasteiger partial charge is 0.255 e. The number of nitrogens with one attached hydrogen (secondary N) is 1. The Morgan fingerprint density at radius 3 is 2.52 bits per heavy atom. The van der Waals surface area contributed by atoms with E-state index < -0.39 is 0 Å². The van der Waals surface area contributed by atoms with Crippen molar-refractivity contribution in [3.05, 3.63) is 23.4 Å². The van der Waals surface area contributed by atoms with Crippen molar-refractivity contribution in [3.63, 3.8) is 0 Å². The molecule has 1 aromatic heterocycles.